The van der Waals surface area contributed by atoms with Gasteiger partial charge in [-0.3, -0.25) is 4.90 Å². The molecule has 0 aromatic heterocycles. The van der Waals surface area contributed by atoms with Crippen molar-refractivity contribution in [2.75, 3.05) is 20.2 Å². The van der Waals surface area contributed by atoms with E-state index >= 15 is 0 Å². The van der Waals surface area contributed by atoms with E-state index in [-0.39, 0.29) is 0 Å². The van der Waals surface area contributed by atoms with Crippen LogP contribution in [-0.2, 0) is 13.0 Å². The molecule has 1 saturated carbocycles. The van der Waals surface area contributed by atoms with Gasteiger partial charge in [0.1, 0.15) is 5.75 Å². The smallest absolute Gasteiger partial charge is 0.122 e. The zero-order valence-electron chi connectivity index (χ0n) is 14.2. The van der Waals surface area contributed by atoms with E-state index in [2.05, 4.69) is 37.8 Å². The number of rotatable bonds is 9. The molecule has 0 unspecified atom stereocenters. The van der Waals surface area contributed by atoms with E-state index in [9.17, 15) is 0 Å². The maximum Gasteiger partial charge on any atom is 0.122 e. The maximum atomic E-state index is 5.63. The molecular formula is C19H31NO. The average molecular weight is 289 g/mol. The van der Waals surface area contributed by atoms with Crippen LogP contribution in [0.3, 0.4) is 0 Å². The summed E-state index contributed by atoms with van der Waals surface area (Å²) in [5.74, 6) is 1.85. The lowest BCUT2D eigenvalue weighted by Crippen LogP contribution is -2.25. The molecule has 1 aromatic rings. The van der Waals surface area contributed by atoms with Crippen molar-refractivity contribution in [1.82, 2.24) is 4.90 Å². The van der Waals surface area contributed by atoms with Gasteiger partial charge in [-0.25, -0.2) is 0 Å². The van der Waals surface area contributed by atoms with Crippen LogP contribution in [0.15, 0.2) is 12.1 Å². The first-order valence-corrected chi connectivity index (χ1v) is 8.65. The fourth-order valence-corrected chi connectivity index (χ4v) is 3.20. The summed E-state index contributed by atoms with van der Waals surface area (Å²) in [6.45, 7) is 10.3. The minimum atomic E-state index is 0.746. The summed E-state index contributed by atoms with van der Waals surface area (Å²) in [5.41, 5.74) is 4.41. The summed E-state index contributed by atoms with van der Waals surface area (Å²) >= 11 is 0. The van der Waals surface area contributed by atoms with Gasteiger partial charge in [0.25, 0.3) is 0 Å². The molecule has 1 aliphatic rings. The molecule has 118 valence electrons. The van der Waals surface area contributed by atoms with Crippen LogP contribution in [0.5, 0.6) is 5.75 Å². The third kappa shape index (κ3) is 4.23. The molecule has 2 rings (SSSR count). The second-order valence-electron chi connectivity index (χ2n) is 6.27. The second kappa shape index (κ2) is 7.84. The van der Waals surface area contributed by atoms with Crippen LogP contribution in [-0.4, -0.2) is 25.1 Å². The Kier molecular flexibility index (Phi) is 6.10. The monoisotopic (exact) mass is 289 g/mol. The highest BCUT2D eigenvalue weighted by atomic mass is 16.5. The van der Waals surface area contributed by atoms with Gasteiger partial charge in [-0.15, -0.1) is 0 Å². The van der Waals surface area contributed by atoms with E-state index in [0.717, 1.165) is 24.6 Å². The number of hydrogen-bond acceptors (Lipinski definition) is 2. The summed E-state index contributed by atoms with van der Waals surface area (Å²) in [7, 11) is 1.81. The highest BCUT2D eigenvalue weighted by molar-refractivity contribution is 5.46. The van der Waals surface area contributed by atoms with E-state index < -0.39 is 0 Å². The maximum absolute atomic E-state index is 5.63. The normalized spacial score (nSPS) is 14.7. The Morgan fingerprint density at radius 3 is 2.19 bits per heavy atom. The Hall–Kier alpha value is -1.02. The zero-order chi connectivity index (χ0) is 15.2. The van der Waals surface area contributed by atoms with Gasteiger partial charge in [-0.1, -0.05) is 26.8 Å². The molecule has 0 atom stereocenters. The van der Waals surface area contributed by atoms with Crippen molar-refractivity contribution < 1.29 is 4.74 Å². The predicted octanol–water partition coefficient (Wildman–Crippen LogP) is 4.76. The lowest BCUT2D eigenvalue weighted by Gasteiger charge is -2.23. The standard InChI is InChI=1S/C19H31NO/c1-5-10-20(11-6-2)14-17-12-18(16-8-9-16)19(21-4)13-15(17)7-3/h12-13,16H,5-11,14H2,1-4H3. The van der Waals surface area contributed by atoms with Crippen LogP contribution in [0.2, 0.25) is 0 Å². The van der Waals surface area contributed by atoms with Crippen molar-refractivity contribution >= 4 is 0 Å². The third-order valence-electron chi connectivity index (χ3n) is 4.42. The Labute approximate surface area is 130 Å². The molecule has 2 nitrogen and oxygen atoms in total. The van der Waals surface area contributed by atoms with Gasteiger partial charge >= 0.3 is 0 Å². The summed E-state index contributed by atoms with van der Waals surface area (Å²) in [6, 6.07) is 4.73. The molecule has 0 spiro atoms. The van der Waals surface area contributed by atoms with E-state index in [1.54, 1.807) is 7.11 Å². The fraction of sp³-hybridized carbons (Fsp3) is 0.684. The number of ether oxygens (including phenoxy) is 1. The van der Waals surface area contributed by atoms with Crippen LogP contribution in [0.4, 0.5) is 0 Å². The number of aryl methyl sites for hydroxylation is 1. The molecule has 0 aliphatic heterocycles. The quantitative estimate of drug-likeness (QED) is 0.650. The minimum absolute atomic E-state index is 0.746. The van der Waals surface area contributed by atoms with E-state index in [1.807, 2.05) is 0 Å². The van der Waals surface area contributed by atoms with Gasteiger partial charge in [0.2, 0.25) is 0 Å². The molecule has 0 heterocycles. The lowest BCUT2D eigenvalue weighted by atomic mass is 9.98. The van der Waals surface area contributed by atoms with Crippen molar-refractivity contribution in [3.05, 3.63) is 28.8 Å². The van der Waals surface area contributed by atoms with E-state index in [0.29, 0.717) is 0 Å². The van der Waals surface area contributed by atoms with Crippen molar-refractivity contribution in [3.8, 4) is 5.75 Å². The molecule has 0 amide bonds. The van der Waals surface area contributed by atoms with Crippen molar-refractivity contribution in [1.29, 1.82) is 0 Å². The van der Waals surface area contributed by atoms with Crippen LogP contribution in [0.1, 0.15) is 69.1 Å². The van der Waals surface area contributed by atoms with E-state index in [4.69, 9.17) is 4.74 Å². The van der Waals surface area contributed by atoms with Crippen molar-refractivity contribution in [2.24, 2.45) is 0 Å². The van der Waals surface area contributed by atoms with Crippen LogP contribution < -0.4 is 4.74 Å². The molecular weight excluding hydrogens is 258 g/mol. The summed E-state index contributed by atoms with van der Waals surface area (Å²) in [6.07, 6.45) is 6.20. The van der Waals surface area contributed by atoms with Gasteiger partial charge < -0.3 is 4.74 Å². The molecule has 0 saturated heterocycles. The summed E-state index contributed by atoms with van der Waals surface area (Å²) in [4.78, 5) is 2.59. The Morgan fingerprint density at radius 2 is 1.71 bits per heavy atom. The highest BCUT2D eigenvalue weighted by Gasteiger charge is 2.27. The van der Waals surface area contributed by atoms with Crippen LogP contribution in [0.25, 0.3) is 0 Å². The number of hydrogen-bond donors (Lipinski definition) is 0. The zero-order valence-corrected chi connectivity index (χ0v) is 14.2. The Morgan fingerprint density at radius 1 is 1.05 bits per heavy atom. The SMILES string of the molecule is CCCN(CCC)Cc1cc(C2CC2)c(OC)cc1CC. The van der Waals surface area contributed by atoms with E-state index in [1.165, 1.54) is 55.5 Å². The fourth-order valence-electron chi connectivity index (χ4n) is 3.20. The first-order valence-electron chi connectivity index (χ1n) is 8.65. The van der Waals surface area contributed by atoms with Crippen molar-refractivity contribution in [3.63, 3.8) is 0 Å². The topological polar surface area (TPSA) is 12.5 Å². The van der Waals surface area contributed by atoms with Gasteiger partial charge in [-0.2, -0.15) is 0 Å². The molecule has 0 bridgehead atoms. The van der Waals surface area contributed by atoms with Crippen LogP contribution in [0, 0.1) is 0 Å². The highest BCUT2D eigenvalue weighted by Crippen LogP contribution is 2.45. The second-order valence-corrected chi connectivity index (χ2v) is 6.27. The van der Waals surface area contributed by atoms with Crippen molar-refractivity contribution in [2.45, 2.75) is 65.3 Å². The number of nitrogens with zero attached hydrogens (tertiary/aromatic N) is 1. The number of methoxy groups -OCH3 is 1. The third-order valence-corrected chi connectivity index (χ3v) is 4.42. The first kappa shape index (κ1) is 16.4. The molecule has 1 fully saturated rings. The molecule has 21 heavy (non-hydrogen) atoms. The molecule has 1 aromatic carbocycles. The van der Waals surface area contributed by atoms with Gasteiger partial charge in [0.15, 0.2) is 0 Å². The van der Waals surface area contributed by atoms with Crippen LogP contribution >= 0.6 is 0 Å². The predicted molar refractivity (Wildman–Crippen MR) is 90.2 cm³/mol. The summed E-state index contributed by atoms with van der Waals surface area (Å²) in [5, 5.41) is 0. The van der Waals surface area contributed by atoms with Gasteiger partial charge in [0, 0.05) is 6.54 Å². The molecule has 0 N–H and O–H groups in total. The molecule has 1 aliphatic carbocycles. The largest absolute Gasteiger partial charge is 0.496 e. The summed E-state index contributed by atoms with van der Waals surface area (Å²) < 4.78 is 5.63. The van der Waals surface area contributed by atoms with Gasteiger partial charge in [0.05, 0.1) is 7.11 Å². The minimum Gasteiger partial charge on any atom is -0.496 e. The van der Waals surface area contributed by atoms with Gasteiger partial charge in [-0.05, 0) is 73.9 Å². The molecule has 2 heteroatoms. The lowest BCUT2D eigenvalue weighted by molar-refractivity contribution is 0.265. The number of benzene rings is 1. The molecule has 0 radical (unpaired) electrons. The first-order chi connectivity index (χ1) is 10.2. The Bertz CT molecular complexity index is 445. The average Bonchev–Trinajstić information content (AvgIpc) is 3.32. The Balaban J connectivity index is 2.25.